The minimum Gasteiger partial charge on any atom is -0.484 e. The molecule has 0 aromatic heterocycles. The van der Waals surface area contributed by atoms with Crippen molar-refractivity contribution in [3.05, 3.63) is 54.3 Å². The van der Waals surface area contributed by atoms with Gasteiger partial charge in [0.2, 0.25) is 0 Å². The third-order valence-corrected chi connectivity index (χ3v) is 2.96. The van der Waals surface area contributed by atoms with Crippen molar-refractivity contribution in [3.63, 3.8) is 0 Å². The molecule has 0 fully saturated rings. The number of nitrogen functional groups attached to an aromatic ring is 1. The van der Waals surface area contributed by atoms with Crippen molar-refractivity contribution < 1.29 is 13.9 Å². The summed E-state index contributed by atoms with van der Waals surface area (Å²) in [6.07, 6.45) is 0. The van der Waals surface area contributed by atoms with Crippen LogP contribution in [0.25, 0.3) is 0 Å². The zero-order valence-electron chi connectivity index (χ0n) is 11.8. The first kappa shape index (κ1) is 14.8. The van der Waals surface area contributed by atoms with E-state index in [1.807, 2.05) is 6.92 Å². The summed E-state index contributed by atoms with van der Waals surface area (Å²) in [6, 6.07) is 12.8. The molecular formula is C16H17FN2O2. The minimum atomic E-state index is -0.379. The Morgan fingerprint density at radius 1 is 1.24 bits per heavy atom. The summed E-state index contributed by atoms with van der Waals surface area (Å²) in [5, 5.41) is 0. The van der Waals surface area contributed by atoms with E-state index >= 15 is 0 Å². The molecule has 2 aromatic carbocycles. The minimum absolute atomic E-state index is 0.131. The van der Waals surface area contributed by atoms with Gasteiger partial charge in [0, 0.05) is 24.0 Å². The molecule has 2 N–H and O–H groups in total. The quantitative estimate of drug-likeness (QED) is 0.861. The van der Waals surface area contributed by atoms with Gasteiger partial charge in [0.15, 0.2) is 6.61 Å². The van der Waals surface area contributed by atoms with Crippen molar-refractivity contribution in [2.75, 3.05) is 23.8 Å². The molecule has 2 aromatic rings. The molecule has 0 aliphatic carbocycles. The number of rotatable bonds is 5. The fourth-order valence-electron chi connectivity index (χ4n) is 1.97. The fourth-order valence-corrected chi connectivity index (χ4v) is 1.97. The molecule has 1 amide bonds. The van der Waals surface area contributed by atoms with Gasteiger partial charge in [-0.2, -0.15) is 0 Å². The van der Waals surface area contributed by atoms with Crippen LogP contribution in [-0.2, 0) is 4.79 Å². The largest absolute Gasteiger partial charge is 0.484 e. The van der Waals surface area contributed by atoms with Crippen LogP contribution in [-0.4, -0.2) is 19.1 Å². The first-order chi connectivity index (χ1) is 10.1. The van der Waals surface area contributed by atoms with Crippen LogP contribution in [0.5, 0.6) is 5.75 Å². The second kappa shape index (κ2) is 6.74. The molecule has 5 heteroatoms. The molecule has 0 spiro atoms. The number of hydrogen-bond donors (Lipinski definition) is 1. The van der Waals surface area contributed by atoms with Gasteiger partial charge in [-0.1, -0.05) is 12.1 Å². The summed E-state index contributed by atoms with van der Waals surface area (Å²) >= 11 is 0. The van der Waals surface area contributed by atoms with Gasteiger partial charge in [-0.25, -0.2) is 4.39 Å². The van der Waals surface area contributed by atoms with Gasteiger partial charge >= 0.3 is 0 Å². The number of amides is 1. The lowest BCUT2D eigenvalue weighted by Gasteiger charge is -2.21. The lowest BCUT2D eigenvalue weighted by Crippen LogP contribution is -2.34. The molecule has 0 radical (unpaired) electrons. The topological polar surface area (TPSA) is 55.6 Å². The Morgan fingerprint density at radius 3 is 2.67 bits per heavy atom. The second-order valence-corrected chi connectivity index (χ2v) is 4.48. The predicted octanol–water partition coefficient (Wildman–Crippen LogP) is 2.84. The first-order valence-corrected chi connectivity index (χ1v) is 6.64. The Balaban J connectivity index is 2.04. The molecular weight excluding hydrogens is 271 g/mol. The van der Waals surface area contributed by atoms with Gasteiger partial charge in [0.25, 0.3) is 5.91 Å². The Bertz CT molecular complexity index is 631. The van der Waals surface area contributed by atoms with Crippen molar-refractivity contribution in [1.29, 1.82) is 0 Å². The van der Waals surface area contributed by atoms with E-state index in [0.29, 0.717) is 23.7 Å². The molecule has 0 heterocycles. The maximum atomic E-state index is 13.2. The van der Waals surface area contributed by atoms with Crippen molar-refractivity contribution in [1.82, 2.24) is 0 Å². The van der Waals surface area contributed by atoms with E-state index in [1.54, 1.807) is 36.4 Å². The lowest BCUT2D eigenvalue weighted by atomic mass is 10.2. The maximum Gasteiger partial charge on any atom is 0.264 e. The van der Waals surface area contributed by atoms with Crippen LogP contribution >= 0.6 is 0 Å². The highest BCUT2D eigenvalue weighted by molar-refractivity contribution is 5.94. The number of anilines is 2. The average Bonchev–Trinajstić information content (AvgIpc) is 2.46. The van der Waals surface area contributed by atoms with E-state index in [1.165, 1.54) is 17.0 Å². The van der Waals surface area contributed by atoms with E-state index in [2.05, 4.69) is 0 Å². The van der Waals surface area contributed by atoms with Crippen molar-refractivity contribution >= 4 is 17.3 Å². The van der Waals surface area contributed by atoms with E-state index in [0.717, 1.165) is 0 Å². The van der Waals surface area contributed by atoms with Crippen molar-refractivity contribution in [3.8, 4) is 5.75 Å². The Kier molecular flexibility index (Phi) is 4.77. The highest BCUT2D eigenvalue weighted by Crippen LogP contribution is 2.17. The van der Waals surface area contributed by atoms with Gasteiger partial charge in [-0.15, -0.1) is 0 Å². The van der Waals surface area contributed by atoms with Gasteiger partial charge in [-0.3, -0.25) is 4.79 Å². The lowest BCUT2D eigenvalue weighted by molar-refractivity contribution is -0.120. The van der Waals surface area contributed by atoms with Gasteiger partial charge in [0.05, 0.1) is 0 Å². The van der Waals surface area contributed by atoms with E-state index in [4.69, 9.17) is 10.5 Å². The molecule has 0 unspecified atom stereocenters. The predicted molar refractivity (Wildman–Crippen MR) is 80.8 cm³/mol. The molecule has 0 aliphatic rings. The third-order valence-electron chi connectivity index (χ3n) is 2.96. The summed E-state index contributed by atoms with van der Waals surface area (Å²) < 4.78 is 18.7. The number of likely N-dealkylation sites (N-methyl/N-ethyl adjacent to an activating group) is 1. The van der Waals surface area contributed by atoms with E-state index in [-0.39, 0.29) is 18.3 Å². The number of carbonyl (C=O) groups is 1. The van der Waals surface area contributed by atoms with Gasteiger partial charge in [-0.05, 0) is 37.3 Å². The molecule has 0 saturated carbocycles. The molecule has 0 aliphatic heterocycles. The van der Waals surface area contributed by atoms with Crippen LogP contribution in [0.2, 0.25) is 0 Å². The van der Waals surface area contributed by atoms with Crippen LogP contribution in [0, 0.1) is 5.82 Å². The summed E-state index contributed by atoms with van der Waals surface area (Å²) in [7, 11) is 0. The molecule has 110 valence electrons. The fraction of sp³-hybridized carbons (Fsp3) is 0.188. The van der Waals surface area contributed by atoms with Gasteiger partial charge in [0.1, 0.15) is 11.6 Å². The SMILES string of the molecule is CCN(C(=O)COc1cccc(N)c1)c1cccc(F)c1. The smallest absolute Gasteiger partial charge is 0.264 e. The Morgan fingerprint density at radius 2 is 2.00 bits per heavy atom. The summed E-state index contributed by atoms with van der Waals surface area (Å²) in [5.41, 5.74) is 6.72. The van der Waals surface area contributed by atoms with Crippen LogP contribution in [0.1, 0.15) is 6.92 Å². The van der Waals surface area contributed by atoms with Crippen molar-refractivity contribution in [2.24, 2.45) is 0 Å². The van der Waals surface area contributed by atoms with E-state index < -0.39 is 0 Å². The Hall–Kier alpha value is -2.56. The molecule has 0 saturated heterocycles. The number of halogens is 1. The van der Waals surface area contributed by atoms with Crippen LogP contribution in [0.15, 0.2) is 48.5 Å². The molecule has 2 rings (SSSR count). The maximum absolute atomic E-state index is 13.2. The summed E-state index contributed by atoms with van der Waals surface area (Å²) in [6.45, 7) is 2.12. The average molecular weight is 288 g/mol. The number of nitrogens with zero attached hydrogens (tertiary/aromatic N) is 1. The highest BCUT2D eigenvalue weighted by atomic mass is 19.1. The third kappa shape index (κ3) is 3.95. The molecule has 4 nitrogen and oxygen atoms in total. The summed E-state index contributed by atoms with van der Waals surface area (Å²) in [4.78, 5) is 13.7. The number of nitrogens with two attached hydrogens (primary N) is 1. The highest BCUT2D eigenvalue weighted by Gasteiger charge is 2.15. The number of benzene rings is 2. The number of ether oxygens (including phenoxy) is 1. The normalized spacial score (nSPS) is 10.2. The van der Waals surface area contributed by atoms with Crippen LogP contribution in [0.4, 0.5) is 15.8 Å². The van der Waals surface area contributed by atoms with E-state index in [9.17, 15) is 9.18 Å². The monoisotopic (exact) mass is 288 g/mol. The summed E-state index contributed by atoms with van der Waals surface area (Å²) in [5.74, 6) is -0.0975. The Labute approximate surface area is 122 Å². The number of carbonyl (C=O) groups excluding carboxylic acids is 1. The first-order valence-electron chi connectivity index (χ1n) is 6.64. The van der Waals surface area contributed by atoms with Gasteiger partial charge < -0.3 is 15.4 Å². The van der Waals surface area contributed by atoms with Crippen molar-refractivity contribution in [2.45, 2.75) is 6.92 Å². The molecule has 21 heavy (non-hydrogen) atoms. The zero-order valence-corrected chi connectivity index (χ0v) is 11.8. The van der Waals surface area contributed by atoms with Crippen LogP contribution < -0.4 is 15.4 Å². The molecule has 0 atom stereocenters. The molecule has 0 bridgehead atoms. The number of hydrogen-bond acceptors (Lipinski definition) is 3. The zero-order chi connectivity index (χ0) is 15.2. The standard InChI is InChI=1S/C16H17FN2O2/c1-2-19(14-7-3-5-12(17)9-14)16(20)11-21-15-8-4-6-13(18)10-15/h3-10H,2,11,18H2,1H3. The second-order valence-electron chi connectivity index (χ2n) is 4.48. The van der Waals surface area contributed by atoms with Crippen LogP contribution in [0.3, 0.4) is 0 Å².